The highest BCUT2D eigenvalue weighted by Crippen LogP contribution is 2.13. The molecule has 0 fully saturated rings. The molecule has 5 heteroatoms. The molecular weight excluding hydrogens is 234 g/mol. The molecule has 1 amide bonds. The third kappa shape index (κ3) is 2.84. The fraction of sp³-hybridized carbons (Fsp3) is 0.500. The van der Waals surface area contributed by atoms with Crippen LogP contribution >= 0.6 is 15.9 Å². The molecule has 1 rings (SSSR count). The number of nitrogens with zero attached hydrogens (tertiary/aromatic N) is 2. The monoisotopic (exact) mass is 245 g/mol. The number of hydrogen-bond acceptors (Lipinski definition) is 2. The molecule has 13 heavy (non-hydrogen) atoms. The van der Waals surface area contributed by atoms with Crippen molar-refractivity contribution in [2.75, 3.05) is 7.05 Å². The first kappa shape index (κ1) is 10.2. The summed E-state index contributed by atoms with van der Waals surface area (Å²) in [7, 11) is 1.63. The molecule has 0 unspecified atom stereocenters. The summed E-state index contributed by atoms with van der Waals surface area (Å²) in [6, 6.07) is 0. The van der Waals surface area contributed by atoms with Crippen molar-refractivity contribution in [2.45, 2.75) is 19.9 Å². The Morgan fingerprint density at radius 2 is 2.46 bits per heavy atom. The van der Waals surface area contributed by atoms with Gasteiger partial charge in [-0.25, -0.2) is 0 Å². The highest BCUT2D eigenvalue weighted by atomic mass is 79.9. The summed E-state index contributed by atoms with van der Waals surface area (Å²) in [4.78, 5) is 10.9. The SMILES string of the molecule is CNC(=O)CCn1cc(Br)c(C)n1. The second-order valence-corrected chi connectivity index (χ2v) is 3.60. The van der Waals surface area contributed by atoms with Crippen molar-refractivity contribution >= 4 is 21.8 Å². The molecular formula is C8H12BrN3O. The van der Waals surface area contributed by atoms with Gasteiger partial charge < -0.3 is 5.32 Å². The van der Waals surface area contributed by atoms with E-state index in [4.69, 9.17) is 0 Å². The van der Waals surface area contributed by atoms with E-state index < -0.39 is 0 Å². The van der Waals surface area contributed by atoms with Crippen LogP contribution in [0.15, 0.2) is 10.7 Å². The minimum atomic E-state index is 0.0317. The highest BCUT2D eigenvalue weighted by molar-refractivity contribution is 9.10. The van der Waals surface area contributed by atoms with Gasteiger partial charge in [0, 0.05) is 26.2 Å². The van der Waals surface area contributed by atoms with Crippen molar-refractivity contribution < 1.29 is 4.79 Å². The Morgan fingerprint density at radius 3 is 2.92 bits per heavy atom. The van der Waals surface area contributed by atoms with Gasteiger partial charge in [0.25, 0.3) is 0 Å². The molecule has 1 N–H and O–H groups in total. The number of amides is 1. The topological polar surface area (TPSA) is 46.9 Å². The number of carbonyl (C=O) groups is 1. The van der Waals surface area contributed by atoms with Crippen LogP contribution in [-0.2, 0) is 11.3 Å². The number of aromatic nitrogens is 2. The highest BCUT2D eigenvalue weighted by Gasteiger charge is 2.03. The maximum Gasteiger partial charge on any atom is 0.221 e. The molecule has 0 aromatic carbocycles. The summed E-state index contributed by atoms with van der Waals surface area (Å²) < 4.78 is 2.73. The number of halogens is 1. The lowest BCUT2D eigenvalue weighted by Crippen LogP contribution is -2.19. The van der Waals surface area contributed by atoms with Crippen molar-refractivity contribution in [3.05, 3.63) is 16.4 Å². The molecule has 0 saturated carbocycles. The lowest BCUT2D eigenvalue weighted by atomic mass is 10.4. The number of rotatable bonds is 3. The van der Waals surface area contributed by atoms with Crippen LogP contribution in [0.2, 0.25) is 0 Å². The van der Waals surface area contributed by atoms with Crippen LogP contribution in [0.3, 0.4) is 0 Å². The van der Waals surface area contributed by atoms with Gasteiger partial charge in [0.1, 0.15) is 0 Å². The van der Waals surface area contributed by atoms with Gasteiger partial charge in [-0.1, -0.05) is 0 Å². The van der Waals surface area contributed by atoms with Crippen LogP contribution in [0, 0.1) is 6.92 Å². The van der Waals surface area contributed by atoms with Gasteiger partial charge >= 0.3 is 0 Å². The Hall–Kier alpha value is -0.840. The quantitative estimate of drug-likeness (QED) is 0.867. The maximum atomic E-state index is 10.9. The molecule has 0 spiro atoms. The fourth-order valence-electron chi connectivity index (χ4n) is 0.949. The Morgan fingerprint density at radius 1 is 1.77 bits per heavy atom. The summed E-state index contributed by atoms with van der Waals surface area (Å²) >= 11 is 3.36. The van der Waals surface area contributed by atoms with Gasteiger partial charge in [0.05, 0.1) is 10.2 Å². The van der Waals surface area contributed by atoms with E-state index in [9.17, 15) is 4.79 Å². The Kier molecular flexibility index (Phi) is 3.48. The van der Waals surface area contributed by atoms with Crippen LogP contribution in [0.25, 0.3) is 0 Å². The summed E-state index contributed by atoms with van der Waals surface area (Å²) in [5.41, 5.74) is 0.942. The van der Waals surface area contributed by atoms with Gasteiger partial charge in [-0.3, -0.25) is 9.48 Å². The molecule has 0 bridgehead atoms. The summed E-state index contributed by atoms with van der Waals surface area (Å²) in [6.45, 7) is 2.53. The molecule has 1 aromatic heterocycles. The van der Waals surface area contributed by atoms with Crippen molar-refractivity contribution in [1.82, 2.24) is 15.1 Å². The van der Waals surface area contributed by atoms with E-state index in [1.807, 2.05) is 13.1 Å². The molecule has 0 atom stereocenters. The Balaban J connectivity index is 2.50. The molecule has 0 aliphatic rings. The summed E-state index contributed by atoms with van der Waals surface area (Å²) in [6.07, 6.45) is 2.34. The van der Waals surface area contributed by atoms with E-state index in [1.54, 1.807) is 11.7 Å². The van der Waals surface area contributed by atoms with Crippen LogP contribution < -0.4 is 5.32 Å². The molecule has 1 aromatic rings. The molecule has 0 aliphatic heterocycles. The molecule has 0 aliphatic carbocycles. The maximum absolute atomic E-state index is 10.9. The van der Waals surface area contributed by atoms with E-state index in [-0.39, 0.29) is 5.91 Å². The van der Waals surface area contributed by atoms with Crippen LogP contribution in [-0.4, -0.2) is 22.7 Å². The van der Waals surface area contributed by atoms with Gasteiger partial charge in [0.2, 0.25) is 5.91 Å². The zero-order valence-corrected chi connectivity index (χ0v) is 9.26. The van der Waals surface area contributed by atoms with E-state index in [1.165, 1.54) is 0 Å². The molecule has 72 valence electrons. The molecule has 0 saturated heterocycles. The normalized spacial score (nSPS) is 10.1. The van der Waals surface area contributed by atoms with Crippen molar-refractivity contribution in [3.63, 3.8) is 0 Å². The van der Waals surface area contributed by atoms with Crippen LogP contribution in [0.5, 0.6) is 0 Å². The predicted molar refractivity (Wildman–Crippen MR) is 53.3 cm³/mol. The fourth-order valence-corrected chi connectivity index (χ4v) is 1.26. The van der Waals surface area contributed by atoms with Gasteiger partial charge in [-0.2, -0.15) is 5.10 Å². The van der Waals surface area contributed by atoms with E-state index >= 15 is 0 Å². The zero-order chi connectivity index (χ0) is 9.84. The van der Waals surface area contributed by atoms with Crippen LogP contribution in [0.1, 0.15) is 12.1 Å². The smallest absolute Gasteiger partial charge is 0.221 e. The van der Waals surface area contributed by atoms with Crippen molar-refractivity contribution in [2.24, 2.45) is 0 Å². The van der Waals surface area contributed by atoms with Crippen molar-refractivity contribution in [1.29, 1.82) is 0 Å². The number of hydrogen-bond donors (Lipinski definition) is 1. The van der Waals surface area contributed by atoms with Crippen LogP contribution in [0.4, 0.5) is 0 Å². The third-order valence-electron chi connectivity index (χ3n) is 1.73. The minimum absolute atomic E-state index is 0.0317. The van der Waals surface area contributed by atoms with Crippen molar-refractivity contribution in [3.8, 4) is 0 Å². The number of aryl methyl sites for hydroxylation is 2. The van der Waals surface area contributed by atoms with E-state index in [0.717, 1.165) is 10.2 Å². The van der Waals surface area contributed by atoms with Gasteiger partial charge in [-0.05, 0) is 22.9 Å². The average molecular weight is 246 g/mol. The largest absolute Gasteiger partial charge is 0.359 e. The first-order chi connectivity index (χ1) is 6.13. The summed E-state index contributed by atoms with van der Waals surface area (Å²) in [5, 5.41) is 6.77. The van der Waals surface area contributed by atoms with E-state index in [2.05, 4.69) is 26.3 Å². The first-order valence-corrected chi connectivity index (χ1v) is 4.83. The Labute approximate surface area is 85.4 Å². The third-order valence-corrected chi connectivity index (χ3v) is 2.51. The second kappa shape index (κ2) is 4.41. The van der Waals surface area contributed by atoms with E-state index in [0.29, 0.717) is 13.0 Å². The first-order valence-electron chi connectivity index (χ1n) is 4.03. The lowest BCUT2D eigenvalue weighted by Gasteiger charge is -1.99. The number of nitrogens with one attached hydrogen (secondary N) is 1. The average Bonchev–Trinajstić information content (AvgIpc) is 2.42. The van der Waals surface area contributed by atoms with Gasteiger partial charge in [-0.15, -0.1) is 0 Å². The predicted octanol–water partition coefficient (Wildman–Crippen LogP) is 1.09. The molecule has 4 nitrogen and oxygen atoms in total. The second-order valence-electron chi connectivity index (χ2n) is 2.75. The minimum Gasteiger partial charge on any atom is -0.359 e. The standard InChI is InChI=1S/C8H12BrN3O/c1-6-7(9)5-12(11-6)4-3-8(13)10-2/h5H,3-4H2,1-2H3,(H,10,13). The Bertz CT molecular complexity index is 289. The molecule has 0 radical (unpaired) electrons. The van der Waals surface area contributed by atoms with Gasteiger partial charge in [0.15, 0.2) is 0 Å². The lowest BCUT2D eigenvalue weighted by molar-refractivity contribution is -0.120. The number of carbonyl (C=O) groups excluding carboxylic acids is 1. The zero-order valence-electron chi connectivity index (χ0n) is 7.67. The molecule has 1 heterocycles. The summed E-state index contributed by atoms with van der Waals surface area (Å²) in [5.74, 6) is 0.0317.